The van der Waals surface area contributed by atoms with Gasteiger partial charge in [0.15, 0.2) is 0 Å². The maximum Gasteiger partial charge on any atom is 0.141 e. The monoisotopic (exact) mass is 379 g/mol. The molecule has 5 nitrogen and oxygen atoms in total. The van der Waals surface area contributed by atoms with Gasteiger partial charge in [-0.25, -0.2) is 0 Å². The fraction of sp³-hybridized carbons (Fsp3) is 0.435. The molecule has 2 aromatic heterocycles. The molecule has 1 aliphatic carbocycles. The Hall–Kier alpha value is -2.53. The molecular formula is C23H28N4O. The van der Waals surface area contributed by atoms with E-state index in [4.69, 9.17) is 4.11 Å². The van der Waals surface area contributed by atoms with E-state index in [1.807, 2.05) is 37.8 Å². The highest BCUT2D eigenvalue weighted by atomic mass is 16.1. The van der Waals surface area contributed by atoms with Crippen LogP contribution in [-0.4, -0.2) is 45.5 Å². The van der Waals surface area contributed by atoms with Gasteiger partial charge in [-0.2, -0.15) is 5.10 Å². The minimum Gasteiger partial charge on any atom is -0.306 e. The van der Waals surface area contributed by atoms with Crippen molar-refractivity contribution in [1.29, 1.82) is 0 Å². The molecule has 0 atom stereocenters. The number of aromatic nitrogens is 3. The average molecular weight is 380 g/mol. The molecule has 0 bridgehead atoms. The summed E-state index contributed by atoms with van der Waals surface area (Å²) in [7, 11) is 3.55. The number of fused-ring (bicyclic) bond motifs is 1. The first-order valence-electron chi connectivity index (χ1n) is 11.3. The Labute approximate surface area is 170 Å². The molecule has 0 aliphatic heterocycles. The van der Waals surface area contributed by atoms with E-state index < -0.39 is 6.98 Å². The summed E-state index contributed by atoms with van der Waals surface area (Å²) in [5, 5.41) is 6.33. The van der Waals surface area contributed by atoms with Crippen molar-refractivity contribution in [1.82, 2.24) is 19.7 Å². The first-order chi connectivity index (χ1) is 14.7. The summed E-state index contributed by atoms with van der Waals surface area (Å²) in [5.41, 5.74) is 2.92. The van der Waals surface area contributed by atoms with Crippen LogP contribution in [0, 0.1) is 5.92 Å². The van der Waals surface area contributed by atoms with Crippen molar-refractivity contribution in [2.45, 2.75) is 38.1 Å². The molecule has 0 radical (unpaired) electrons. The molecule has 4 rings (SSSR count). The fourth-order valence-corrected chi connectivity index (χ4v) is 4.14. The second-order valence-electron chi connectivity index (χ2n) is 7.90. The van der Waals surface area contributed by atoms with Gasteiger partial charge in [0.2, 0.25) is 0 Å². The zero-order chi connectivity index (χ0) is 22.2. The number of carbonyl (C=O) groups is 1. The maximum absolute atomic E-state index is 12.9. The van der Waals surface area contributed by atoms with E-state index in [0.717, 1.165) is 53.3 Å². The van der Waals surface area contributed by atoms with Gasteiger partial charge in [-0.3, -0.25) is 14.5 Å². The molecular weight excluding hydrogens is 348 g/mol. The molecule has 0 spiro atoms. The van der Waals surface area contributed by atoms with Crippen LogP contribution in [0.2, 0.25) is 0 Å². The standard InChI is InChI=1S/C23H28N4O/c1-26(2)22-8-6-16(7-9-22)23(28)12-21-11-19-10-17(4-5-18(19)13-24-21)20-14-25-27(3)15-20/h4-5,10-11,13-16,22H,6-9,12H2,1-3H3/i1D3. The molecule has 0 saturated heterocycles. The van der Waals surface area contributed by atoms with Crippen molar-refractivity contribution in [2.75, 3.05) is 14.0 Å². The molecule has 2 heterocycles. The zero-order valence-corrected chi connectivity index (χ0v) is 16.4. The Morgan fingerprint density at radius 2 is 2.00 bits per heavy atom. The highest BCUT2D eigenvalue weighted by Crippen LogP contribution is 2.29. The molecule has 3 aromatic rings. The van der Waals surface area contributed by atoms with E-state index >= 15 is 0 Å². The number of Topliss-reactive ketones (excluding diaryl/α,β-unsaturated/α-hetero) is 1. The first-order valence-corrected chi connectivity index (χ1v) is 9.84. The third-order valence-electron chi connectivity index (χ3n) is 5.87. The van der Waals surface area contributed by atoms with Crippen molar-refractivity contribution >= 4 is 16.6 Å². The quantitative estimate of drug-likeness (QED) is 0.675. The molecule has 0 unspecified atom stereocenters. The van der Waals surface area contributed by atoms with Crippen LogP contribution in [0.5, 0.6) is 0 Å². The fourth-order valence-electron chi connectivity index (χ4n) is 4.14. The summed E-state index contributed by atoms with van der Waals surface area (Å²) >= 11 is 0. The van der Waals surface area contributed by atoms with E-state index in [1.54, 1.807) is 11.7 Å². The lowest BCUT2D eigenvalue weighted by Crippen LogP contribution is -2.34. The Morgan fingerprint density at radius 1 is 1.18 bits per heavy atom. The van der Waals surface area contributed by atoms with Crippen LogP contribution in [-0.2, 0) is 18.3 Å². The van der Waals surface area contributed by atoms with Crippen LogP contribution in [0.25, 0.3) is 21.9 Å². The van der Waals surface area contributed by atoms with Crippen LogP contribution >= 0.6 is 0 Å². The van der Waals surface area contributed by atoms with E-state index in [2.05, 4.69) is 22.2 Å². The average Bonchev–Trinajstić information content (AvgIpc) is 3.18. The number of rotatable bonds is 5. The van der Waals surface area contributed by atoms with E-state index in [9.17, 15) is 4.79 Å². The summed E-state index contributed by atoms with van der Waals surface area (Å²) < 4.78 is 24.5. The highest BCUT2D eigenvalue weighted by molar-refractivity contribution is 5.88. The van der Waals surface area contributed by atoms with Crippen LogP contribution < -0.4 is 0 Å². The second kappa shape index (κ2) is 7.84. The van der Waals surface area contributed by atoms with Gasteiger partial charge in [-0.15, -0.1) is 0 Å². The van der Waals surface area contributed by atoms with Gasteiger partial charge >= 0.3 is 0 Å². The third kappa shape index (κ3) is 3.99. The van der Waals surface area contributed by atoms with Crippen LogP contribution in [0.3, 0.4) is 0 Å². The number of carbonyl (C=O) groups excluding carboxylic acids is 1. The number of aryl methyl sites for hydroxylation is 1. The normalized spacial score (nSPS) is 22.0. The largest absolute Gasteiger partial charge is 0.306 e. The zero-order valence-electron chi connectivity index (χ0n) is 19.4. The summed E-state index contributed by atoms with van der Waals surface area (Å²) in [4.78, 5) is 18.9. The predicted octanol–water partition coefficient (Wildman–Crippen LogP) is 3.87. The molecule has 0 N–H and O–H groups in total. The highest BCUT2D eigenvalue weighted by Gasteiger charge is 2.27. The molecule has 1 aromatic carbocycles. The van der Waals surface area contributed by atoms with Crippen molar-refractivity contribution in [3.8, 4) is 11.1 Å². The first kappa shape index (κ1) is 15.4. The Bertz CT molecular complexity index is 1080. The Balaban J connectivity index is 1.43. The lowest BCUT2D eigenvalue weighted by Gasteiger charge is -2.31. The maximum atomic E-state index is 12.9. The van der Waals surface area contributed by atoms with Gasteiger partial charge in [0.05, 0.1) is 6.20 Å². The SMILES string of the molecule is [2H]C([2H])([2H])N(C)C1CCC(C(=O)Cc2cc3cc(-c4cnn(C)c4)ccc3cn2)CC1. The lowest BCUT2D eigenvalue weighted by atomic mass is 9.82. The molecule has 28 heavy (non-hydrogen) atoms. The van der Waals surface area contributed by atoms with E-state index in [1.165, 1.54) is 4.90 Å². The Morgan fingerprint density at radius 3 is 2.71 bits per heavy atom. The van der Waals surface area contributed by atoms with Gasteiger partial charge in [-0.05, 0) is 62.8 Å². The minimum absolute atomic E-state index is 0.0134. The van der Waals surface area contributed by atoms with Gasteiger partial charge in [0.1, 0.15) is 5.78 Å². The molecule has 146 valence electrons. The molecule has 5 heteroatoms. The lowest BCUT2D eigenvalue weighted by molar-refractivity contribution is -0.123. The number of ketones is 1. The predicted molar refractivity (Wildman–Crippen MR) is 112 cm³/mol. The molecule has 1 fully saturated rings. The number of benzene rings is 1. The molecule has 0 amide bonds. The smallest absolute Gasteiger partial charge is 0.141 e. The number of pyridine rings is 1. The molecule has 1 saturated carbocycles. The summed E-state index contributed by atoms with van der Waals surface area (Å²) in [5.74, 6) is 0.186. The van der Waals surface area contributed by atoms with Gasteiger partial charge < -0.3 is 4.90 Å². The Kier molecular flexibility index (Phi) is 4.31. The van der Waals surface area contributed by atoms with Crippen molar-refractivity contribution in [3.63, 3.8) is 0 Å². The van der Waals surface area contributed by atoms with Crippen molar-refractivity contribution in [2.24, 2.45) is 13.0 Å². The summed E-state index contributed by atoms with van der Waals surface area (Å²) in [6.07, 6.45) is 8.92. The third-order valence-corrected chi connectivity index (χ3v) is 5.87. The van der Waals surface area contributed by atoms with E-state index in [0.29, 0.717) is 6.42 Å². The topological polar surface area (TPSA) is 51.0 Å². The van der Waals surface area contributed by atoms with Gasteiger partial charge in [0.25, 0.3) is 0 Å². The minimum atomic E-state index is -2.08. The summed E-state index contributed by atoms with van der Waals surface area (Å²) in [6.45, 7) is -2.08. The summed E-state index contributed by atoms with van der Waals surface area (Å²) in [6, 6.07) is 8.22. The van der Waals surface area contributed by atoms with Gasteiger partial charge in [-0.1, -0.05) is 12.1 Å². The number of nitrogens with zero attached hydrogens (tertiary/aromatic N) is 4. The van der Waals surface area contributed by atoms with Crippen LogP contribution in [0.4, 0.5) is 0 Å². The van der Waals surface area contributed by atoms with Crippen molar-refractivity contribution in [3.05, 3.63) is 48.5 Å². The van der Waals surface area contributed by atoms with Crippen LogP contribution in [0.15, 0.2) is 42.9 Å². The van der Waals surface area contributed by atoms with E-state index in [-0.39, 0.29) is 17.7 Å². The van der Waals surface area contributed by atoms with Crippen LogP contribution in [0.1, 0.15) is 35.5 Å². The number of hydrogen-bond donors (Lipinski definition) is 0. The second-order valence-corrected chi connectivity index (χ2v) is 7.90. The van der Waals surface area contributed by atoms with Gasteiger partial charge in [0, 0.05) is 58.6 Å². The number of hydrogen-bond acceptors (Lipinski definition) is 4. The molecule has 1 aliphatic rings. The van der Waals surface area contributed by atoms with Crippen molar-refractivity contribution < 1.29 is 8.91 Å².